The second-order valence-electron chi connectivity index (χ2n) is 25.9. The van der Waals surface area contributed by atoms with Crippen LogP contribution in [0.15, 0.2) is 0 Å². The van der Waals surface area contributed by atoms with Gasteiger partial charge in [-0.1, -0.05) is 129 Å². The van der Waals surface area contributed by atoms with E-state index in [0.717, 1.165) is 65.4 Å². The molecule has 0 aromatic heterocycles. The van der Waals surface area contributed by atoms with Crippen LogP contribution < -0.4 is 0 Å². The average Bonchev–Trinajstić information content (AvgIpc) is 3.50. The summed E-state index contributed by atoms with van der Waals surface area (Å²) < 4.78 is 0. The van der Waals surface area contributed by atoms with E-state index in [2.05, 4.69) is 80.9 Å². The maximum Gasteiger partial charge on any atom is 1.00 e. The van der Waals surface area contributed by atoms with E-state index in [4.69, 9.17) is 26.6 Å². The fraction of sp³-hybridized carbons (Fsp3) is 1.00. The Morgan fingerprint density at radius 1 is 0.388 bits per heavy atom. The van der Waals surface area contributed by atoms with Crippen molar-refractivity contribution in [3.63, 3.8) is 0 Å². The summed E-state index contributed by atoms with van der Waals surface area (Å²) in [6.07, 6.45) is 24.1. The quantitative estimate of drug-likeness (QED) is 0.116. The summed E-state index contributed by atoms with van der Waals surface area (Å²) in [5.74, 6) is 0. The summed E-state index contributed by atoms with van der Waals surface area (Å²) in [4.78, 5) is 22.8. The van der Waals surface area contributed by atoms with Crippen LogP contribution in [0.3, 0.4) is 0 Å². The first-order chi connectivity index (χ1) is 39.2. The smallest absolute Gasteiger partial charge is 0.664 e. The van der Waals surface area contributed by atoms with E-state index < -0.39 is 0 Å². The Hall–Kier alpha value is 3.02. The molecule has 10 heterocycles. The molecule has 0 spiro atoms. The Morgan fingerprint density at radius 3 is 0.812 bits per heavy atom. The number of hydrogen-bond acceptors (Lipinski definition) is 9. The average molecular weight is 1660 g/mol. The van der Waals surface area contributed by atoms with Crippen LogP contribution >= 0.6 is 0 Å². The summed E-state index contributed by atoms with van der Waals surface area (Å²) in [6, 6.07) is 4.27. The molecule has 17 nitrogen and oxygen atoms in total. The normalized spacial score (nSPS) is 28.6. The van der Waals surface area contributed by atoms with E-state index in [1.54, 1.807) is 0 Å². The summed E-state index contributed by atoms with van der Waals surface area (Å²) in [7, 11) is 8.14. The SMILES string of the molecule is C1CCC(CN2CCN(CC3CCCC[N-]3)CC2)[N-]C1.C1CCC(CN2CCN(CC3CCCC[N-]3)CC2)[N-]C1.CC[N-]C(C)CN1CCN(CC2CCCC[N-]2)CC1.CN1CCN(CC2CCCC[N-]2)CC1.C[N-]CCN(C)C.[Ag+].[Ag].[Ag].[Ag].[Ag]. The fourth-order valence-electron chi connectivity index (χ4n) is 13.4. The van der Waals surface area contributed by atoms with Crippen LogP contribution in [0.25, 0.3) is 42.5 Å². The van der Waals surface area contributed by atoms with Crippen molar-refractivity contribution >= 4 is 0 Å². The molecule has 0 saturated carbocycles. The first-order valence-corrected chi connectivity index (χ1v) is 33.8. The second-order valence-corrected chi connectivity index (χ2v) is 25.9. The van der Waals surface area contributed by atoms with E-state index >= 15 is 0 Å². The van der Waals surface area contributed by atoms with Crippen molar-refractivity contribution in [3.05, 3.63) is 42.5 Å². The predicted octanol–water partition coefficient (Wildman–Crippen LogP) is 8.92. The van der Waals surface area contributed by atoms with E-state index in [1.807, 2.05) is 21.1 Å². The Labute approximate surface area is 602 Å². The minimum Gasteiger partial charge on any atom is -0.664 e. The van der Waals surface area contributed by atoms with Gasteiger partial charge in [0.1, 0.15) is 0 Å². The minimum absolute atomic E-state index is 0. The monoisotopic (exact) mass is 1650 g/mol. The molecule has 0 aliphatic carbocycles. The molecule has 10 rings (SSSR count). The first-order valence-electron chi connectivity index (χ1n) is 33.8. The van der Waals surface area contributed by atoms with Gasteiger partial charge in [-0.15, -0.1) is 88.1 Å². The van der Waals surface area contributed by atoms with Gasteiger partial charge in [0.25, 0.3) is 0 Å². The molecule has 7 atom stereocenters. The molecule has 0 aromatic rings. The van der Waals surface area contributed by atoms with Crippen LogP contribution in [0, 0.1) is 0 Å². The number of likely N-dealkylation sites (N-methyl/N-ethyl adjacent to an activating group) is 4. The zero-order valence-corrected chi connectivity index (χ0v) is 61.9. The molecule has 524 valence electrons. The van der Waals surface area contributed by atoms with Gasteiger partial charge in [-0.2, -0.15) is 13.6 Å². The van der Waals surface area contributed by atoms with Crippen molar-refractivity contribution in [1.82, 2.24) is 44.1 Å². The van der Waals surface area contributed by atoms with Crippen molar-refractivity contribution in [1.29, 1.82) is 0 Å². The van der Waals surface area contributed by atoms with E-state index in [0.29, 0.717) is 42.3 Å². The Balaban J connectivity index is 0.000000539. The predicted molar refractivity (Wildman–Crippen MR) is 344 cm³/mol. The molecule has 22 heteroatoms. The first kappa shape index (κ1) is 86.0. The largest absolute Gasteiger partial charge is 1.00 e. The van der Waals surface area contributed by atoms with Crippen molar-refractivity contribution < 1.29 is 112 Å². The number of piperazine rings is 4. The minimum atomic E-state index is 0. The Bertz CT molecular complexity index is 1330. The molecular weight excluding hydrogens is 1530 g/mol. The van der Waals surface area contributed by atoms with Crippen LogP contribution in [-0.2, 0) is 112 Å². The fourth-order valence-corrected chi connectivity index (χ4v) is 13.4. The zero-order valence-electron chi connectivity index (χ0n) is 54.5. The molecule has 85 heavy (non-hydrogen) atoms. The third kappa shape index (κ3) is 39.6. The third-order valence-electron chi connectivity index (χ3n) is 18.6. The van der Waals surface area contributed by atoms with Crippen molar-refractivity contribution in [2.45, 2.75) is 172 Å². The van der Waals surface area contributed by atoms with Crippen molar-refractivity contribution in [3.8, 4) is 0 Å². The van der Waals surface area contributed by atoms with Crippen LogP contribution in [0.5, 0.6) is 0 Å². The number of nitrogens with zero attached hydrogens (tertiary/aromatic N) is 17. The van der Waals surface area contributed by atoms with Gasteiger partial charge in [0.2, 0.25) is 0 Å². The topological polar surface area (TPSA) is 142 Å². The van der Waals surface area contributed by atoms with Crippen LogP contribution in [0.4, 0.5) is 0 Å². The molecule has 0 N–H and O–H groups in total. The molecule has 0 amide bonds. The summed E-state index contributed by atoms with van der Waals surface area (Å²) >= 11 is 0. The molecule has 7 unspecified atom stereocenters. The van der Waals surface area contributed by atoms with Gasteiger partial charge in [-0.05, 0) is 73.5 Å². The molecule has 10 saturated heterocycles. The van der Waals surface area contributed by atoms with Crippen LogP contribution in [0.1, 0.15) is 129 Å². The summed E-state index contributed by atoms with van der Waals surface area (Å²) in [5, 5.41) is 37.0. The van der Waals surface area contributed by atoms with Crippen molar-refractivity contribution in [2.24, 2.45) is 0 Å². The van der Waals surface area contributed by atoms with Crippen LogP contribution in [-0.4, -0.2) is 324 Å². The number of rotatable bonds is 19. The standard InChI is InChI=1S/2C16H30N4.C15H30N4.C11H22N3.C5H13N2.5Ag/c2*1-3-7-17-15(5-1)13-19-9-11-20(12-10-19)14-16-6-2-4-8-18-16;1-3-16-14(2)12-18-8-10-19(11-9-18)13-15-6-4-5-7-17-15;1-13-6-8-14(9-7-13)10-11-4-2-3-5-12-11;1-6-4-5-7(2)3;;;;;/h2*15-16H,1-14H2;14-15H,3-13H2,1-2H3;11H,2-10H2,1H3;4-5H2,1-3H3;;;;;/q3*-2;2*-1;;;;;+1. The Kier molecular flexibility index (Phi) is 54.8. The summed E-state index contributed by atoms with van der Waals surface area (Å²) in [5.41, 5.74) is 0. The van der Waals surface area contributed by atoms with Gasteiger partial charge in [0.05, 0.1) is 0 Å². The van der Waals surface area contributed by atoms with Gasteiger partial charge in [-0.25, -0.2) is 0 Å². The van der Waals surface area contributed by atoms with Gasteiger partial charge in [0, 0.05) is 194 Å². The van der Waals surface area contributed by atoms with E-state index in [9.17, 15) is 0 Å². The molecule has 4 radical (unpaired) electrons. The molecule has 0 bridgehead atoms. The number of hydrogen-bond donors (Lipinski definition) is 0. The summed E-state index contributed by atoms with van der Waals surface area (Å²) in [6.45, 7) is 42.0. The van der Waals surface area contributed by atoms with Gasteiger partial charge in [-0.3, -0.25) is 0 Å². The van der Waals surface area contributed by atoms with Gasteiger partial charge in [0.15, 0.2) is 0 Å². The van der Waals surface area contributed by atoms with Crippen LogP contribution in [0.2, 0.25) is 0 Å². The second kappa shape index (κ2) is 54.2. The third-order valence-corrected chi connectivity index (χ3v) is 18.6. The van der Waals surface area contributed by atoms with E-state index in [-0.39, 0.29) is 112 Å². The van der Waals surface area contributed by atoms with Gasteiger partial charge >= 0.3 is 22.4 Å². The molecule has 10 aliphatic rings. The molecule has 10 aliphatic heterocycles. The molecule has 10 fully saturated rings. The van der Waals surface area contributed by atoms with Crippen molar-refractivity contribution in [2.75, 3.05) is 238 Å². The van der Waals surface area contributed by atoms with Gasteiger partial charge < -0.3 is 86.6 Å². The molecular formula is C63H125Ag5N17-7. The number of piperidine rings is 6. The maximum atomic E-state index is 4.77. The maximum absolute atomic E-state index is 4.77. The molecule has 0 aromatic carbocycles. The zero-order chi connectivity index (χ0) is 56.2. The van der Waals surface area contributed by atoms with E-state index in [1.165, 1.54) is 260 Å². The Morgan fingerprint density at radius 2 is 0.624 bits per heavy atom.